The first-order chi connectivity index (χ1) is 9.54. The molecule has 0 atom stereocenters. The van der Waals surface area contributed by atoms with Crippen LogP contribution in [0, 0.1) is 24.0 Å². The van der Waals surface area contributed by atoms with Gasteiger partial charge in [0, 0.05) is 4.90 Å². The summed E-state index contributed by atoms with van der Waals surface area (Å²) in [5, 5.41) is 15.4. The van der Waals surface area contributed by atoms with Crippen LogP contribution in [0.3, 0.4) is 0 Å². The van der Waals surface area contributed by atoms with Crippen LogP contribution in [0.5, 0.6) is 0 Å². The van der Waals surface area contributed by atoms with E-state index in [-0.39, 0.29) is 9.92 Å². The van der Waals surface area contributed by atoms with E-state index in [2.05, 4.69) is 5.32 Å². The van der Waals surface area contributed by atoms with Crippen molar-refractivity contribution >= 4 is 40.2 Å². The molecular weight excluding hydrogens is 296 g/mol. The van der Waals surface area contributed by atoms with Gasteiger partial charge in [-0.2, -0.15) is 0 Å². The Morgan fingerprint density at radius 2 is 2.05 bits per heavy atom. The van der Waals surface area contributed by atoms with Gasteiger partial charge in [-0.1, -0.05) is 29.2 Å². The molecular formula is C13H12N2O3S2. The molecule has 0 aliphatic rings. The summed E-state index contributed by atoms with van der Waals surface area (Å²) in [4.78, 5) is 22.7. The molecule has 0 saturated carbocycles. The van der Waals surface area contributed by atoms with Crippen molar-refractivity contribution in [3.8, 4) is 0 Å². The average Bonchev–Trinajstić information content (AvgIpc) is 2.86. The fourth-order valence-corrected chi connectivity index (χ4v) is 3.68. The molecule has 2 rings (SSSR count). The topological polar surface area (TPSA) is 72.2 Å². The molecule has 0 spiro atoms. The Balaban J connectivity index is 2.43. The van der Waals surface area contributed by atoms with E-state index in [1.165, 1.54) is 11.8 Å². The van der Waals surface area contributed by atoms with Gasteiger partial charge in [0.2, 0.25) is 6.41 Å². The highest BCUT2D eigenvalue weighted by molar-refractivity contribution is 7.99. The molecule has 2 aromatic rings. The van der Waals surface area contributed by atoms with Gasteiger partial charge in [-0.25, -0.2) is 0 Å². The molecule has 0 saturated heterocycles. The standard InChI is InChI=1S/C13H12N2O3S2/c1-8-3-4-10(12(9(8)2)14-7-16)20-11-5-6-19-13(11)15(17)18/h3-7H,1-2H3,(H,14,16). The van der Waals surface area contributed by atoms with E-state index in [1.54, 1.807) is 11.4 Å². The molecule has 1 aromatic heterocycles. The predicted octanol–water partition coefficient (Wildman–Crippen LogP) is 3.99. The molecule has 104 valence electrons. The summed E-state index contributed by atoms with van der Waals surface area (Å²) in [7, 11) is 0. The van der Waals surface area contributed by atoms with Crippen molar-refractivity contribution in [2.45, 2.75) is 23.6 Å². The quantitative estimate of drug-likeness (QED) is 0.515. The highest BCUT2D eigenvalue weighted by Crippen LogP contribution is 2.42. The second kappa shape index (κ2) is 6.06. The lowest BCUT2D eigenvalue weighted by Gasteiger charge is -2.12. The highest BCUT2D eigenvalue weighted by atomic mass is 32.2. The Bertz CT molecular complexity index is 668. The van der Waals surface area contributed by atoms with Gasteiger partial charge in [0.1, 0.15) is 4.90 Å². The zero-order valence-corrected chi connectivity index (χ0v) is 12.5. The van der Waals surface area contributed by atoms with Crippen LogP contribution in [0.25, 0.3) is 0 Å². The highest BCUT2D eigenvalue weighted by Gasteiger charge is 2.18. The molecule has 0 aliphatic heterocycles. The lowest BCUT2D eigenvalue weighted by molar-refractivity contribution is -0.382. The van der Waals surface area contributed by atoms with Crippen LogP contribution >= 0.6 is 23.1 Å². The molecule has 0 bridgehead atoms. The molecule has 0 fully saturated rings. The number of benzene rings is 1. The smallest absolute Gasteiger partial charge is 0.327 e. The number of thiophene rings is 1. The lowest BCUT2D eigenvalue weighted by Crippen LogP contribution is -2.00. The zero-order chi connectivity index (χ0) is 14.7. The van der Waals surface area contributed by atoms with E-state index in [9.17, 15) is 14.9 Å². The summed E-state index contributed by atoms with van der Waals surface area (Å²) in [6.45, 7) is 3.86. The Kier molecular flexibility index (Phi) is 4.41. The van der Waals surface area contributed by atoms with Crippen molar-refractivity contribution in [2.24, 2.45) is 0 Å². The number of hydrogen-bond acceptors (Lipinski definition) is 5. The van der Waals surface area contributed by atoms with Crippen molar-refractivity contribution in [3.05, 3.63) is 44.8 Å². The fraction of sp³-hybridized carbons (Fsp3) is 0.154. The number of rotatable bonds is 5. The minimum atomic E-state index is -0.388. The predicted molar refractivity (Wildman–Crippen MR) is 80.7 cm³/mol. The van der Waals surface area contributed by atoms with Gasteiger partial charge in [-0.05, 0) is 42.5 Å². The van der Waals surface area contributed by atoms with Crippen LogP contribution in [-0.2, 0) is 4.79 Å². The monoisotopic (exact) mass is 308 g/mol. The molecule has 0 unspecified atom stereocenters. The number of aryl methyl sites for hydroxylation is 1. The molecule has 0 radical (unpaired) electrons. The zero-order valence-electron chi connectivity index (χ0n) is 10.9. The summed E-state index contributed by atoms with van der Waals surface area (Å²) < 4.78 is 0. The number of nitrogens with one attached hydrogen (secondary N) is 1. The van der Waals surface area contributed by atoms with E-state index in [4.69, 9.17) is 0 Å². The molecule has 1 aromatic carbocycles. The van der Waals surface area contributed by atoms with E-state index >= 15 is 0 Å². The maximum atomic E-state index is 10.9. The maximum Gasteiger partial charge on any atom is 0.337 e. The largest absolute Gasteiger partial charge is 0.337 e. The first-order valence-electron chi connectivity index (χ1n) is 5.74. The summed E-state index contributed by atoms with van der Waals surface area (Å²) in [5.41, 5.74) is 2.71. The van der Waals surface area contributed by atoms with Crippen molar-refractivity contribution in [2.75, 3.05) is 5.32 Å². The third kappa shape index (κ3) is 2.83. The lowest BCUT2D eigenvalue weighted by atomic mass is 10.1. The van der Waals surface area contributed by atoms with Gasteiger partial charge in [0.25, 0.3) is 0 Å². The van der Waals surface area contributed by atoms with E-state index in [0.717, 1.165) is 27.4 Å². The number of nitro groups is 1. The Morgan fingerprint density at radius 3 is 2.70 bits per heavy atom. The van der Waals surface area contributed by atoms with E-state index in [1.807, 2.05) is 26.0 Å². The number of carbonyl (C=O) groups excluding carboxylic acids is 1. The van der Waals surface area contributed by atoms with Crippen LogP contribution < -0.4 is 5.32 Å². The summed E-state index contributed by atoms with van der Waals surface area (Å²) >= 11 is 2.38. The number of carbonyl (C=O) groups is 1. The van der Waals surface area contributed by atoms with Crippen molar-refractivity contribution in [3.63, 3.8) is 0 Å². The normalized spacial score (nSPS) is 10.3. The number of anilines is 1. The molecule has 1 N–H and O–H groups in total. The van der Waals surface area contributed by atoms with Crippen LogP contribution in [0.4, 0.5) is 10.7 Å². The van der Waals surface area contributed by atoms with E-state index in [0.29, 0.717) is 17.0 Å². The Morgan fingerprint density at radius 1 is 1.30 bits per heavy atom. The van der Waals surface area contributed by atoms with Gasteiger partial charge in [0.15, 0.2) is 0 Å². The van der Waals surface area contributed by atoms with Crippen molar-refractivity contribution < 1.29 is 9.72 Å². The average molecular weight is 308 g/mol. The SMILES string of the molecule is Cc1ccc(Sc2ccsc2[N+](=O)[O-])c(NC=O)c1C. The third-order valence-electron chi connectivity index (χ3n) is 2.90. The van der Waals surface area contributed by atoms with Gasteiger partial charge < -0.3 is 5.32 Å². The van der Waals surface area contributed by atoms with Crippen molar-refractivity contribution in [1.82, 2.24) is 0 Å². The molecule has 1 amide bonds. The Labute approximate surface area is 124 Å². The molecule has 7 heteroatoms. The van der Waals surface area contributed by atoms with Crippen LogP contribution in [0.15, 0.2) is 33.4 Å². The molecule has 20 heavy (non-hydrogen) atoms. The molecule has 5 nitrogen and oxygen atoms in total. The first kappa shape index (κ1) is 14.5. The summed E-state index contributed by atoms with van der Waals surface area (Å²) in [5.74, 6) is 0. The number of amides is 1. The molecule has 0 aliphatic carbocycles. The van der Waals surface area contributed by atoms with Crippen LogP contribution in [0.1, 0.15) is 11.1 Å². The second-order valence-electron chi connectivity index (χ2n) is 4.09. The second-order valence-corrected chi connectivity index (χ2v) is 6.07. The minimum Gasteiger partial charge on any atom is -0.327 e. The van der Waals surface area contributed by atoms with Crippen molar-refractivity contribution in [1.29, 1.82) is 0 Å². The Hall–Kier alpha value is -1.86. The third-order valence-corrected chi connectivity index (χ3v) is 5.00. The minimum absolute atomic E-state index is 0.116. The first-order valence-corrected chi connectivity index (χ1v) is 7.44. The number of nitrogens with zero attached hydrogens (tertiary/aromatic N) is 1. The van der Waals surface area contributed by atoms with Crippen LogP contribution in [-0.4, -0.2) is 11.3 Å². The van der Waals surface area contributed by atoms with Gasteiger partial charge in [0.05, 0.1) is 10.6 Å². The number of hydrogen-bond donors (Lipinski definition) is 1. The van der Waals surface area contributed by atoms with Gasteiger partial charge in [-0.15, -0.1) is 0 Å². The van der Waals surface area contributed by atoms with Crippen LogP contribution in [0.2, 0.25) is 0 Å². The summed E-state index contributed by atoms with van der Waals surface area (Å²) in [6, 6.07) is 5.51. The molecule has 1 heterocycles. The maximum absolute atomic E-state index is 10.9. The fourth-order valence-electron chi connectivity index (χ4n) is 1.73. The van der Waals surface area contributed by atoms with Gasteiger partial charge >= 0.3 is 5.00 Å². The summed E-state index contributed by atoms with van der Waals surface area (Å²) in [6.07, 6.45) is 0.619. The van der Waals surface area contributed by atoms with E-state index < -0.39 is 0 Å². The van der Waals surface area contributed by atoms with Gasteiger partial charge in [-0.3, -0.25) is 14.9 Å².